The van der Waals surface area contributed by atoms with Crippen molar-refractivity contribution >= 4 is 33.2 Å². The molecule has 0 radical (unpaired) electrons. The molecule has 2 atom stereocenters. The van der Waals surface area contributed by atoms with E-state index >= 15 is 0 Å². The van der Waals surface area contributed by atoms with Gasteiger partial charge >= 0.3 is 0 Å². The zero-order chi connectivity index (χ0) is 19.3. The third-order valence-electron chi connectivity index (χ3n) is 7.07. The molecule has 5 rings (SSSR count). The van der Waals surface area contributed by atoms with Gasteiger partial charge in [-0.2, -0.15) is 0 Å². The van der Waals surface area contributed by atoms with Crippen LogP contribution < -0.4 is 4.90 Å². The molecular formula is C24H24BrNO2. The topological polar surface area (TPSA) is 37.4 Å². The standard InChI is InChI=1S/C24H24BrNO2/c25-19-10-9-18-15-24(22(27)7-4-8-23(24)28)21-13-17(16-5-2-1-3-6-16)11-12-26(21)20(18)14-19/h1-3,5-6,9-10,14,17,21H,4,7-8,11-13,15H2. The minimum absolute atomic E-state index is 0.0337. The van der Waals surface area contributed by atoms with Crippen LogP contribution in [0.4, 0.5) is 5.69 Å². The first-order chi connectivity index (χ1) is 13.6. The molecule has 3 aliphatic rings. The van der Waals surface area contributed by atoms with Crippen LogP contribution in [0.1, 0.15) is 49.1 Å². The van der Waals surface area contributed by atoms with Crippen LogP contribution in [0.15, 0.2) is 53.0 Å². The van der Waals surface area contributed by atoms with E-state index in [1.165, 1.54) is 11.3 Å². The summed E-state index contributed by atoms with van der Waals surface area (Å²) in [6.45, 7) is 0.885. The van der Waals surface area contributed by atoms with Crippen LogP contribution in [0.25, 0.3) is 0 Å². The maximum Gasteiger partial charge on any atom is 0.148 e. The lowest BCUT2D eigenvalue weighted by Gasteiger charge is -2.54. The van der Waals surface area contributed by atoms with Gasteiger partial charge in [0.2, 0.25) is 0 Å². The fraction of sp³-hybridized carbons (Fsp3) is 0.417. The molecule has 1 saturated heterocycles. The first-order valence-electron chi connectivity index (χ1n) is 10.3. The second-order valence-corrected chi connectivity index (χ2v) is 9.38. The summed E-state index contributed by atoms with van der Waals surface area (Å²) in [5.74, 6) is 0.734. The summed E-state index contributed by atoms with van der Waals surface area (Å²) >= 11 is 3.61. The fourth-order valence-electron chi connectivity index (χ4n) is 5.70. The SMILES string of the molecule is O=C1CCCC(=O)C12Cc1ccc(Br)cc1N1CCC(c3ccccc3)CC12. The van der Waals surface area contributed by atoms with Crippen molar-refractivity contribution in [1.82, 2.24) is 0 Å². The highest BCUT2D eigenvalue weighted by atomic mass is 79.9. The van der Waals surface area contributed by atoms with Gasteiger partial charge in [0, 0.05) is 35.6 Å². The predicted molar refractivity (Wildman–Crippen MR) is 114 cm³/mol. The minimum Gasteiger partial charge on any atom is -0.367 e. The lowest BCUT2D eigenvalue weighted by Crippen LogP contribution is -2.63. The van der Waals surface area contributed by atoms with Crippen molar-refractivity contribution in [2.45, 2.75) is 50.5 Å². The average Bonchev–Trinajstić information content (AvgIpc) is 2.72. The van der Waals surface area contributed by atoms with E-state index < -0.39 is 5.41 Å². The Hall–Kier alpha value is -1.94. The Bertz CT molecular complexity index is 923. The van der Waals surface area contributed by atoms with E-state index in [0.29, 0.717) is 31.6 Å². The van der Waals surface area contributed by atoms with Gasteiger partial charge in [-0.1, -0.05) is 52.3 Å². The van der Waals surface area contributed by atoms with Crippen molar-refractivity contribution in [3.8, 4) is 0 Å². The summed E-state index contributed by atoms with van der Waals surface area (Å²) in [4.78, 5) is 29.0. The van der Waals surface area contributed by atoms with Gasteiger partial charge in [-0.15, -0.1) is 0 Å². The molecule has 2 aromatic carbocycles. The molecule has 4 heteroatoms. The van der Waals surface area contributed by atoms with Crippen LogP contribution in [0.3, 0.4) is 0 Å². The van der Waals surface area contributed by atoms with Gasteiger partial charge in [-0.3, -0.25) is 9.59 Å². The quantitative estimate of drug-likeness (QED) is 0.584. The van der Waals surface area contributed by atoms with Crippen LogP contribution in [-0.4, -0.2) is 24.2 Å². The molecule has 144 valence electrons. The fourth-order valence-corrected chi connectivity index (χ4v) is 6.05. The molecule has 2 aliphatic heterocycles. The molecule has 3 nitrogen and oxygen atoms in total. The third-order valence-corrected chi connectivity index (χ3v) is 7.56. The Labute approximate surface area is 174 Å². The van der Waals surface area contributed by atoms with E-state index in [0.717, 1.165) is 29.4 Å². The third kappa shape index (κ3) is 2.68. The number of Topliss-reactive ketones (excluding diaryl/α,β-unsaturated/α-hetero) is 2. The van der Waals surface area contributed by atoms with Crippen molar-refractivity contribution in [3.63, 3.8) is 0 Å². The smallest absolute Gasteiger partial charge is 0.148 e. The molecule has 1 saturated carbocycles. The average molecular weight is 438 g/mol. The maximum atomic E-state index is 13.3. The molecular weight excluding hydrogens is 414 g/mol. The van der Waals surface area contributed by atoms with Crippen molar-refractivity contribution in [1.29, 1.82) is 0 Å². The zero-order valence-electron chi connectivity index (χ0n) is 15.9. The van der Waals surface area contributed by atoms with Crippen LogP contribution >= 0.6 is 15.9 Å². The highest BCUT2D eigenvalue weighted by Gasteiger charge is 2.58. The Balaban J connectivity index is 1.62. The largest absolute Gasteiger partial charge is 0.367 e. The summed E-state index contributed by atoms with van der Waals surface area (Å²) in [6, 6.07) is 16.8. The van der Waals surface area contributed by atoms with E-state index in [2.05, 4.69) is 57.2 Å². The number of fused-ring (bicyclic) bond motifs is 4. The van der Waals surface area contributed by atoms with Gasteiger partial charge in [-0.25, -0.2) is 0 Å². The van der Waals surface area contributed by atoms with Crippen LogP contribution in [0, 0.1) is 5.41 Å². The Morgan fingerprint density at radius 3 is 2.50 bits per heavy atom. The van der Waals surface area contributed by atoms with Crippen molar-refractivity contribution < 1.29 is 9.59 Å². The molecule has 0 amide bonds. The van der Waals surface area contributed by atoms with Gasteiger partial charge < -0.3 is 4.90 Å². The molecule has 0 aromatic heterocycles. The normalized spacial score (nSPS) is 26.1. The van der Waals surface area contributed by atoms with Gasteiger partial charge in [-0.05, 0) is 54.9 Å². The number of carbonyl (C=O) groups is 2. The van der Waals surface area contributed by atoms with Crippen molar-refractivity contribution in [2.24, 2.45) is 5.41 Å². The number of piperidine rings is 1. The summed E-state index contributed by atoms with van der Waals surface area (Å²) < 4.78 is 1.05. The number of hydrogen-bond acceptors (Lipinski definition) is 3. The number of nitrogens with zero attached hydrogens (tertiary/aromatic N) is 1. The van der Waals surface area contributed by atoms with E-state index in [1.807, 2.05) is 12.1 Å². The first-order valence-corrected chi connectivity index (χ1v) is 11.1. The van der Waals surface area contributed by atoms with Gasteiger partial charge in [0.1, 0.15) is 17.0 Å². The number of ketones is 2. The zero-order valence-corrected chi connectivity index (χ0v) is 17.5. The summed E-state index contributed by atoms with van der Waals surface area (Å²) in [6.07, 6.45) is 4.27. The molecule has 2 aromatic rings. The van der Waals surface area contributed by atoms with Crippen molar-refractivity contribution in [2.75, 3.05) is 11.4 Å². The van der Waals surface area contributed by atoms with E-state index in [4.69, 9.17) is 0 Å². The Morgan fingerprint density at radius 2 is 1.75 bits per heavy atom. The molecule has 1 spiro atoms. The van der Waals surface area contributed by atoms with Crippen molar-refractivity contribution in [3.05, 3.63) is 64.1 Å². The Morgan fingerprint density at radius 1 is 1.00 bits per heavy atom. The number of anilines is 1. The number of rotatable bonds is 1. The van der Waals surface area contributed by atoms with Gasteiger partial charge in [0.15, 0.2) is 0 Å². The predicted octanol–water partition coefficient (Wildman–Crippen LogP) is 5.07. The summed E-state index contributed by atoms with van der Waals surface area (Å²) in [7, 11) is 0. The minimum atomic E-state index is -0.855. The Kier molecular flexibility index (Phi) is 4.42. The second-order valence-electron chi connectivity index (χ2n) is 8.46. The molecule has 0 N–H and O–H groups in total. The highest BCUT2D eigenvalue weighted by Crippen LogP contribution is 2.51. The van der Waals surface area contributed by atoms with Crippen LogP contribution in [-0.2, 0) is 16.0 Å². The van der Waals surface area contributed by atoms with Crippen LogP contribution in [0.2, 0.25) is 0 Å². The summed E-state index contributed by atoms with van der Waals surface area (Å²) in [5, 5.41) is 0. The molecule has 2 unspecified atom stereocenters. The van der Waals surface area contributed by atoms with Crippen LogP contribution in [0.5, 0.6) is 0 Å². The summed E-state index contributed by atoms with van der Waals surface area (Å²) in [5.41, 5.74) is 2.81. The lowest BCUT2D eigenvalue weighted by atomic mass is 9.58. The maximum absolute atomic E-state index is 13.3. The molecule has 1 aliphatic carbocycles. The van der Waals surface area contributed by atoms with Gasteiger partial charge in [0.25, 0.3) is 0 Å². The number of carbonyl (C=O) groups excluding carboxylic acids is 2. The number of benzene rings is 2. The van der Waals surface area contributed by atoms with E-state index in [-0.39, 0.29) is 17.6 Å². The number of hydrogen-bond donors (Lipinski definition) is 0. The molecule has 2 heterocycles. The molecule has 0 bridgehead atoms. The molecule has 2 fully saturated rings. The first kappa shape index (κ1) is 18.1. The molecule has 28 heavy (non-hydrogen) atoms. The second kappa shape index (κ2) is 6.84. The number of halogens is 1. The van der Waals surface area contributed by atoms with Gasteiger partial charge in [0.05, 0.1) is 0 Å². The van der Waals surface area contributed by atoms with E-state index in [1.54, 1.807) is 0 Å². The van der Waals surface area contributed by atoms with E-state index in [9.17, 15) is 9.59 Å². The monoisotopic (exact) mass is 437 g/mol. The highest BCUT2D eigenvalue weighted by molar-refractivity contribution is 9.10. The lowest BCUT2D eigenvalue weighted by molar-refractivity contribution is -0.146.